The number of ether oxygens (including phenoxy) is 1. The largest absolute Gasteiger partial charge is 0.497 e. The van der Waals surface area contributed by atoms with Crippen LogP contribution in [0.3, 0.4) is 0 Å². The molecule has 1 aromatic carbocycles. The monoisotopic (exact) mass is 503 g/mol. The van der Waals surface area contributed by atoms with Crippen molar-refractivity contribution in [3.05, 3.63) is 47.8 Å². The van der Waals surface area contributed by atoms with Crippen LogP contribution in [0.15, 0.2) is 41.3 Å². The highest BCUT2D eigenvalue weighted by Gasteiger charge is 2.32. The number of aromatic nitrogens is 1. The molecular weight excluding hydrogens is 466 g/mol. The van der Waals surface area contributed by atoms with E-state index in [2.05, 4.69) is 20.5 Å². The van der Waals surface area contributed by atoms with E-state index in [1.165, 1.54) is 7.11 Å². The number of amides is 2. The molecule has 1 aliphatic heterocycles. The van der Waals surface area contributed by atoms with Crippen LogP contribution >= 0.6 is 0 Å². The van der Waals surface area contributed by atoms with Gasteiger partial charge < -0.3 is 20.3 Å². The SMILES string of the molecule is CCc1cc(NC(=O)NCCN2CCC(N(CC)S(=O)(=O)c3cccc(OC)c3)CC2)cc(C)n1. The summed E-state index contributed by atoms with van der Waals surface area (Å²) < 4.78 is 33.3. The van der Waals surface area contributed by atoms with Crippen molar-refractivity contribution in [1.29, 1.82) is 0 Å². The number of urea groups is 1. The Labute approximate surface area is 208 Å². The Morgan fingerprint density at radius 2 is 1.94 bits per heavy atom. The van der Waals surface area contributed by atoms with Gasteiger partial charge in [0.25, 0.3) is 0 Å². The summed E-state index contributed by atoms with van der Waals surface area (Å²) in [4.78, 5) is 19.2. The fraction of sp³-hybridized carbons (Fsp3) is 0.520. The first kappa shape index (κ1) is 26.9. The predicted molar refractivity (Wildman–Crippen MR) is 137 cm³/mol. The third-order valence-corrected chi connectivity index (χ3v) is 8.29. The van der Waals surface area contributed by atoms with Crippen molar-refractivity contribution in [3.8, 4) is 5.75 Å². The molecule has 1 saturated heterocycles. The molecule has 0 bridgehead atoms. The third kappa shape index (κ3) is 7.16. The average molecular weight is 504 g/mol. The molecule has 2 amide bonds. The first-order valence-electron chi connectivity index (χ1n) is 12.2. The lowest BCUT2D eigenvalue weighted by atomic mass is 10.1. The molecule has 2 heterocycles. The number of sulfonamides is 1. The second kappa shape index (κ2) is 12.3. The maximum atomic E-state index is 13.3. The van der Waals surface area contributed by atoms with E-state index in [4.69, 9.17) is 4.74 Å². The van der Waals surface area contributed by atoms with Gasteiger partial charge in [0.2, 0.25) is 10.0 Å². The van der Waals surface area contributed by atoms with Crippen molar-refractivity contribution in [2.24, 2.45) is 0 Å². The summed E-state index contributed by atoms with van der Waals surface area (Å²) in [7, 11) is -2.07. The molecular formula is C25H37N5O4S. The van der Waals surface area contributed by atoms with Crippen molar-refractivity contribution in [3.63, 3.8) is 0 Å². The number of hydrogen-bond donors (Lipinski definition) is 2. The molecule has 1 aromatic heterocycles. The molecule has 10 heteroatoms. The predicted octanol–water partition coefficient (Wildman–Crippen LogP) is 3.26. The lowest BCUT2D eigenvalue weighted by Crippen LogP contribution is -2.48. The minimum atomic E-state index is -3.60. The van der Waals surface area contributed by atoms with Gasteiger partial charge in [-0.1, -0.05) is 19.9 Å². The molecule has 0 saturated carbocycles. The first-order valence-corrected chi connectivity index (χ1v) is 13.6. The fourth-order valence-electron chi connectivity index (χ4n) is 4.45. The average Bonchev–Trinajstić information content (AvgIpc) is 2.85. The van der Waals surface area contributed by atoms with Crippen LogP contribution in [0, 0.1) is 6.92 Å². The van der Waals surface area contributed by atoms with Crippen LogP contribution in [0.5, 0.6) is 5.75 Å². The third-order valence-electron chi connectivity index (χ3n) is 6.26. The molecule has 0 atom stereocenters. The van der Waals surface area contributed by atoms with Gasteiger partial charge >= 0.3 is 6.03 Å². The molecule has 1 fully saturated rings. The summed E-state index contributed by atoms with van der Waals surface area (Å²) in [5.41, 5.74) is 2.55. The summed E-state index contributed by atoms with van der Waals surface area (Å²) >= 11 is 0. The zero-order chi connectivity index (χ0) is 25.4. The lowest BCUT2D eigenvalue weighted by molar-refractivity contribution is 0.162. The van der Waals surface area contributed by atoms with Crippen LogP contribution in [-0.4, -0.2) is 74.5 Å². The van der Waals surface area contributed by atoms with E-state index < -0.39 is 10.0 Å². The van der Waals surface area contributed by atoms with Crippen molar-refractivity contribution < 1.29 is 17.9 Å². The molecule has 35 heavy (non-hydrogen) atoms. The van der Waals surface area contributed by atoms with Gasteiger partial charge in [-0.3, -0.25) is 4.98 Å². The number of piperidine rings is 1. The van der Waals surface area contributed by atoms with E-state index in [1.54, 1.807) is 28.6 Å². The Hall–Kier alpha value is -2.69. The number of anilines is 1. The Kier molecular flexibility index (Phi) is 9.47. The number of likely N-dealkylation sites (tertiary alicyclic amines) is 1. The number of nitrogens with zero attached hydrogens (tertiary/aromatic N) is 3. The number of hydrogen-bond acceptors (Lipinski definition) is 6. The number of pyridine rings is 1. The molecule has 0 unspecified atom stereocenters. The molecule has 9 nitrogen and oxygen atoms in total. The van der Waals surface area contributed by atoms with E-state index in [0.717, 1.165) is 49.4 Å². The van der Waals surface area contributed by atoms with E-state index in [9.17, 15) is 13.2 Å². The minimum absolute atomic E-state index is 0.0496. The molecule has 0 aliphatic carbocycles. The number of benzene rings is 1. The Morgan fingerprint density at radius 1 is 1.20 bits per heavy atom. The highest BCUT2D eigenvalue weighted by Crippen LogP contribution is 2.26. The first-order chi connectivity index (χ1) is 16.8. The zero-order valence-electron chi connectivity index (χ0n) is 21.1. The standard InChI is InChI=1S/C25H37N5O4S/c1-5-20-17-21(16-19(3)27-20)28-25(31)26-12-15-29-13-10-22(11-14-29)30(6-2)35(32,33)24-9-7-8-23(18-24)34-4/h7-9,16-18,22H,5-6,10-15H2,1-4H3,(H2,26,27,28,31). The van der Waals surface area contributed by atoms with Gasteiger partial charge in [0.05, 0.1) is 12.0 Å². The fourth-order valence-corrected chi connectivity index (χ4v) is 6.18. The maximum Gasteiger partial charge on any atom is 0.319 e. The zero-order valence-corrected chi connectivity index (χ0v) is 21.9. The van der Waals surface area contributed by atoms with Gasteiger partial charge in [-0.05, 0) is 63.5 Å². The lowest BCUT2D eigenvalue weighted by Gasteiger charge is -2.37. The Bertz CT molecular complexity index is 1100. The molecule has 0 spiro atoms. The van der Waals surface area contributed by atoms with Crippen molar-refractivity contribution in [2.45, 2.75) is 51.0 Å². The second-order valence-electron chi connectivity index (χ2n) is 8.68. The molecule has 0 radical (unpaired) electrons. The summed E-state index contributed by atoms with van der Waals surface area (Å²) in [6.07, 6.45) is 2.31. The van der Waals surface area contributed by atoms with E-state index in [0.29, 0.717) is 25.4 Å². The van der Waals surface area contributed by atoms with E-state index in [1.807, 2.05) is 32.9 Å². The van der Waals surface area contributed by atoms with Gasteiger partial charge in [-0.15, -0.1) is 0 Å². The highest BCUT2D eigenvalue weighted by atomic mass is 32.2. The van der Waals surface area contributed by atoms with Crippen molar-refractivity contribution in [1.82, 2.24) is 19.5 Å². The summed E-state index contributed by atoms with van der Waals surface area (Å²) in [5, 5.41) is 5.78. The topological polar surface area (TPSA) is 104 Å². The van der Waals surface area contributed by atoms with Crippen LogP contribution in [0.25, 0.3) is 0 Å². The van der Waals surface area contributed by atoms with Gasteiger partial charge in [0.1, 0.15) is 5.75 Å². The number of rotatable bonds is 10. The number of carbonyl (C=O) groups excluding carboxylic acids is 1. The smallest absolute Gasteiger partial charge is 0.319 e. The van der Waals surface area contributed by atoms with Gasteiger partial charge in [0, 0.05) is 48.8 Å². The second-order valence-corrected chi connectivity index (χ2v) is 10.6. The Morgan fingerprint density at radius 3 is 2.60 bits per heavy atom. The number of carbonyl (C=O) groups is 1. The molecule has 3 rings (SSSR count). The van der Waals surface area contributed by atoms with Crippen LogP contribution in [0.2, 0.25) is 0 Å². The number of methoxy groups -OCH3 is 1. The van der Waals surface area contributed by atoms with Crippen molar-refractivity contribution >= 4 is 21.7 Å². The van der Waals surface area contributed by atoms with E-state index in [-0.39, 0.29) is 17.0 Å². The van der Waals surface area contributed by atoms with Crippen LogP contribution in [0.1, 0.15) is 38.1 Å². The van der Waals surface area contributed by atoms with Crippen LogP contribution < -0.4 is 15.4 Å². The maximum absolute atomic E-state index is 13.3. The minimum Gasteiger partial charge on any atom is -0.497 e. The number of nitrogens with one attached hydrogen (secondary N) is 2. The van der Waals surface area contributed by atoms with Gasteiger partial charge in [0.15, 0.2) is 0 Å². The summed E-state index contributed by atoms with van der Waals surface area (Å²) in [6.45, 7) is 9.02. The Balaban J connectivity index is 1.47. The van der Waals surface area contributed by atoms with Gasteiger partial charge in [-0.2, -0.15) is 4.31 Å². The van der Waals surface area contributed by atoms with Crippen LogP contribution in [-0.2, 0) is 16.4 Å². The molecule has 192 valence electrons. The molecule has 2 N–H and O–H groups in total. The summed E-state index contributed by atoms with van der Waals surface area (Å²) in [5.74, 6) is 0.526. The van der Waals surface area contributed by atoms with Crippen molar-refractivity contribution in [2.75, 3.05) is 45.2 Å². The normalized spacial score (nSPS) is 15.2. The van der Waals surface area contributed by atoms with Crippen LogP contribution in [0.4, 0.5) is 10.5 Å². The quantitative estimate of drug-likeness (QED) is 0.516. The highest BCUT2D eigenvalue weighted by molar-refractivity contribution is 7.89. The summed E-state index contributed by atoms with van der Waals surface area (Å²) in [6, 6.07) is 10.1. The van der Waals surface area contributed by atoms with E-state index >= 15 is 0 Å². The molecule has 1 aliphatic rings. The molecule has 2 aromatic rings. The van der Waals surface area contributed by atoms with Gasteiger partial charge in [-0.25, -0.2) is 13.2 Å². The number of aryl methyl sites for hydroxylation is 2.